The minimum absolute atomic E-state index is 0.226. The second-order valence-corrected chi connectivity index (χ2v) is 7.98. The number of ketones is 1. The number of hydrogen-bond donors (Lipinski definition) is 0. The summed E-state index contributed by atoms with van der Waals surface area (Å²) < 4.78 is 0. The van der Waals surface area contributed by atoms with E-state index in [1.54, 1.807) is 0 Å². The second kappa shape index (κ2) is 6.57. The zero-order valence-electron chi connectivity index (χ0n) is 12.9. The van der Waals surface area contributed by atoms with Crippen LogP contribution >= 0.6 is 23.2 Å². The fraction of sp³-hybridized carbons (Fsp3) is 0.941. The van der Waals surface area contributed by atoms with Crippen LogP contribution in [-0.2, 0) is 4.79 Å². The molecule has 0 spiro atoms. The molecule has 0 aromatic rings. The molecular formula is C17H28Cl2O. The van der Waals surface area contributed by atoms with Gasteiger partial charge >= 0.3 is 0 Å². The second-order valence-electron chi connectivity index (χ2n) is 7.36. The van der Waals surface area contributed by atoms with Crippen LogP contribution in [0.1, 0.15) is 65.2 Å². The summed E-state index contributed by atoms with van der Waals surface area (Å²) in [6.07, 6.45) is 8.99. The zero-order chi connectivity index (χ0) is 14.8. The van der Waals surface area contributed by atoms with Crippen LogP contribution in [-0.4, -0.2) is 17.5 Å². The number of Topliss-reactive ketones (excluding diaryl/α,β-unsaturated/α-hetero) is 1. The summed E-state index contributed by atoms with van der Waals surface area (Å²) in [5.74, 6) is 2.38. The molecule has 2 aliphatic rings. The average Bonchev–Trinajstić information content (AvgIpc) is 2.47. The lowest BCUT2D eigenvalue weighted by Crippen LogP contribution is -2.51. The summed E-state index contributed by atoms with van der Waals surface area (Å²) in [6, 6.07) is 0. The Kier molecular flexibility index (Phi) is 5.46. The van der Waals surface area contributed by atoms with Crippen LogP contribution in [0.3, 0.4) is 0 Å². The molecule has 0 saturated heterocycles. The predicted molar refractivity (Wildman–Crippen MR) is 86.6 cm³/mol. The maximum atomic E-state index is 13.4. The van der Waals surface area contributed by atoms with Gasteiger partial charge in [0.15, 0.2) is 0 Å². The van der Waals surface area contributed by atoms with Crippen LogP contribution in [0.2, 0.25) is 0 Å². The van der Waals surface area contributed by atoms with Gasteiger partial charge in [-0.05, 0) is 37.5 Å². The third-order valence-electron chi connectivity index (χ3n) is 6.21. The van der Waals surface area contributed by atoms with E-state index in [1.807, 2.05) is 0 Å². The molecule has 0 aromatic carbocycles. The zero-order valence-corrected chi connectivity index (χ0v) is 14.4. The Morgan fingerprint density at radius 3 is 1.65 bits per heavy atom. The van der Waals surface area contributed by atoms with Crippen LogP contribution in [0.4, 0.5) is 0 Å². The van der Waals surface area contributed by atoms with E-state index >= 15 is 0 Å². The van der Waals surface area contributed by atoms with Gasteiger partial charge in [0.2, 0.25) is 0 Å². The third-order valence-corrected chi connectivity index (χ3v) is 6.95. The van der Waals surface area contributed by atoms with Gasteiger partial charge in [-0.3, -0.25) is 4.79 Å². The Balaban J connectivity index is 2.27. The van der Waals surface area contributed by atoms with Gasteiger partial charge in [0, 0.05) is 22.6 Å². The number of carbonyl (C=O) groups is 1. The SMILES string of the molecule is CC1(C(=O)C2(C)CCCCC2CCl)CCCCC1CCl. The first kappa shape index (κ1) is 16.6. The van der Waals surface area contributed by atoms with Crippen molar-refractivity contribution in [3.63, 3.8) is 0 Å². The molecule has 0 aromatic heterocycles. The van der Waals surface area contributed by atoms with Gasteiger partial charge in [-0.15, -0.1) is 23.2 Å². The molecule has 3 heteroatoms. The summed E-state index contributed by atoms with van der Waals surface area (Å²) in [7, 11) is 0. The highest BCUT2D eigenvalue weighted by atomic mass is 35.5. The fourth-order valence-electron chi connectivity index (χ4n) is 4.56. The highest BCUT2D eigenvalue weighted by Gasteiger charge is 2.52. The summed E-state index contributed by atoms with van der Waals surface area (Å²) in [5, 5.41) is 0. The molecule has 2 rings (SSSR count). The minimum Gasteiger partial charge on any atom is -0.298 e. The van der Waals surface area contributed by atoms with Gasteiger partial charge in [-0.2, -0.15) is 0 Å². The van der Waals surface area contributed by atoms with Gasteiger partial charge in [-0.25, -0.2) is 0 Å². The molecule has 2 fully saturated rings. The fourth-order valence-corrected chi connectivity index (χ4v) is 5.55. The molecule has 4 unspecified atom stereocenters. The van der Waals surface area contributed by atoms with E-state index in [2.05, 4.69) is 13.8 Å². The molecule has 116 valence electrons. The first-order valence-corrected chi connectivity index (χ1v) is 9.23. The summed E-state index contributed by atoms with van der Waals surface area (Å²) in [4.78, 5) is 13.4. The molecule has 20 heavy (non-hydrogen) atoms. The van der Waals surface area contributed by atoms with E-state index in [4.69, 9.17) is 23.2 Å². The van der Waals surface area contributed by atoms with Gasteiger partial charge < -0.3 is 0 Å². The van der Waals surface area contributed by atoms with Gasteiger partial charge in [0.1, 0.15) is 5.78 Å². The highest BCUT2D eigenvalue weighted by Crippen LogP contribution is 2.52. The standard InChI is InChI=1S/C17H28Cl2O/c1-16(9-5-3-7-13(16)11-18)15(20)17(2)10-6-4-8-14(17)12-19/h13-14H,3-12H2,1-2H3. The number of hydrogen-bond acceptors (Lipinski definition) is 1. The van der Waals surface area contributed by atoms with E-state index in [-0.39, 0.29) is 10.8 Å². The van der Waals surface area contributed by atoms with Crippen molar-refractivity contribution >= 4 is 29.0 Å². The third kappa shape index (κ3) is 2.77. The lowest BCUT2D eigenvalue weighted by Gasteiger charge is -2.48. The first-order valence-electron chi connectivity index (χ1n) is 8.16. The van der Waals surface area contributed by atoms with Crippen molar-refractivity contribution in [2.75, 3.05) is 11.8 Å². The van der Waals surface area contributed by atoms with Crippen LogP contribution in [0.25, 0.3) is 0 Å². The van der Waals surface area contributed by atoms with E-state index in [1.165, 1.54) is 12.8 Å². The number of alkyl halides is 2. The monoisotopic (exact) mass is 318 g/mol. The Morgan fingerprint density at radius 2 is 1.30 bits per heavy atom. The smallest absolute Gasteiger partial charge is 0.145 e. The molecule has 0 amide bonds. The Labute approximate surface area is 133 Å². The lowest BCUT2D eigenvalue weighted by molar-refractivity contribution is -0.147. The van der Waals surface area contributed by atoms with Gasteiger partial charge in [0.05, 0.1) is 0 Å². The van der Waals surface area contributed by atoms with Crippen molar-refractivity contribution in [3.8, 4) is 0 Å². The molecule has 0 radical (unpaired) electrons. The average molecular weight is 319 g/mol. The Morgan fingerprint density at radius 1 is 0.900 bits per heavy atom. The molecule has 2 aliphatic carbocycles. The van der Waals surface area contributed by atoms with Gasteiger partial charge in [0.25, 0.3) is 0 Å². The Hall–Kier alpha value is 0.250. The summed E-state index contributed by atoms with van der Waals surface area (Å²) >= 11 is 12.4. The van der Waals surface area contributed by atoms with Crippen LogP contribution in [0.15, 0.2) is 0 Å². The van der Waals surface area contributed by atoms with Crippen molar-refractivity contribution in [2.45, 2.75) is 65.2 Å². The van der Waals surface area contributed by atoms with Crippen LogP contribution in [0, 0.1) is 22.7 Å². The van der Waals surface area contributed by atoms with Crippen molar-refractivity contribution in [2.24, 2.45) is 22.7 Å². The minimum atomic E-state index is -0.226. The quantitative estimate of drug-likeness (QED) is 0.632. The highest BCUT2D eigenvalue weighted by molar-refractivity contribution is 6.18. The molecular weight excluding hydrogens is 291 g/mol. The normalized spacial score (nSPS) is 42.4. The predicted octanol–water partition coefficient (Wildman–Crippen LogP) is 5.43. The van der Waals surface area contributed by atoms with Crippen molar-refractivity contribution in [1.82, 2.24) is 0 Å². The van der Waals surface area contributed by atoms with E-state index in [9.17, 15) is 4.79 Å². The molecule has 4 atom stereocenters. The number of rotatable bonds is 4. The van der Waals surface area contributed by atoms with Crippen molar-refractivity contribution in [1.29, 1.82) is 0 Å². The van der Waals surface area contributed by atoms with E-state index < -0.39 is 0 Å². The van der Waals surface area contributed by atoms with Crippen LogP contribution < -0.4 is 0 Å². The maximum Gasteiger partial charge on any atom is 0.145 e. The largest absolute Gasteiger partial charge is 0.298 e. The van der Waals surface area contributed by atoms with E-state index in [0.29, 0.717) is 29.4 Å². The summed E-state index contributed by atoms with van der Waals surface area (Å²) in [6.45, 7) is 4.35. The molecule has 0 aliphatic heterocycles. The van der Waals surface area contributed by atoms with Crippen molar-refractivity contribution in [3.05, 3.63) is 0 Å². The van der Waals surface area contributed by atoms with Crippen LogP contribution in [0.5, 0.6) is 0 Å². The van der Waals surface area contributed by atoms with E-state index in [0.717, 1.165) is 38.5 Å². The molecule has 0 heterocycles. The van der Waals surface area contributed by atoms with Crippen molar-refractivity contribution < 1.29 is 4.79 Å². The van der Waals surface area contributed by atoms with Gasteiger partial charge in [-0.1, -0.05) is 39.5 Å². The molecule has 0 N–H and O–H groups in total. The Bertz CT molecular complexity index is 325. The summed E-state index contributed by atoms with van der Waals surface area (Å²) in [5.41, 5.74) is -0.452. The topological polar surface area (TPSA) is 17.1 Å². The lowest BCUT2D eigenvalue weighted by atomic mass is 9.55. The number of halogens is 2. The molecule has 0 bridgehead atoms. The number of carbonyl (C=O) groups excluding carboxylic acids is 1. The maximum absolute atomic E-state index is 13.4. The molecule has 1 nitrogen and oxygen atoms in total. The first-order chi connectivity index (χ1) is 9.49. The molecule has 2 saturated carbocycles.